The number of carbonyl (C=O) groups is 1. The number of aromatic nitrogens is 4. The molecule has 1 aliphatic rings. The van der Waals surface area contributed by atoms with Gasteiger partial charge in [0.15, 0.2) is 11.6 Å². The largest absolute Gasteiger partial charge is 0.465 e. The number of hydrogen-bond donors (Lipinski definition) is 3. The number of H-pyrrole nitrogens is 1. The van der Waals surface area contributed by atoms with Gasteiger partial charge in [-0.25, -0.2) is 14.8 Å². The van der Waals surface area contributed by atoms with Crippen LogP contribution in [0.2, 0.25) is 0 Å². The lowest BCUT2D eigenvalue weighted by atomic mass is 10.0. The van der Waals surface area contributed by atoms with E-state index in [0.717, 1.165) is 21.5 Å². The minimum absolute atomic E-state index is 0.286. The molecular formula is C15H16N6O2S. The van der Waals surface area contributed by atoms with Crippen molar-refractivity contribution in [3.8, 4) is 0 Å². The Balaban J connectivity index is 1.76. The van der Waals surface area contributed by atoms with E-state index in [9.17, 15) is 9.90 Å². The lowest BCUT2D eigenvalue weighted by Crippen LogP contribution is -2.39. The van der Waals surface area contributed by atoms with Gasteiger partial charge in [0, 0.05) is 5.56 Å². The highest BCUT2D eigenvalue weighted by Gasteiger charge is 2.43. The first-order valence-electron chi connectivity index (χ1n) is 7.45. The molecule has 0 saturated heterocycles. The van der Waals surface area contributed by atoms with Gasteiger partial charge in [-0.1, -0.05) is 0 Å². The van der Waals surface area contributed by atoms with Crippen LogP contribution in [0.4, 0.5) is 16.4 Å². The van der Waals surface area contributed by atoms with Crippen LogP contribution in [-0.4, -0.2) is 36.3 Å². The van der Waals surface area contributed by atoms with Gasteiger partial charge in [0.2, 0.25) is 0 Å². The summed E-state index contributed by atoms with van der Waals surface area (Å²) in [7, 11) is 0. The van der Waals surface area contributed by atoms with Crippen molar-refractivity contribution in [3.05, 3.63) is 28.5 Å². The van der Waals surface area contributed by atoms with Gasteiger partial charge < -0.3 is 10.4 Å². The Labute approximate surface area is 141 Å². The lowest BCUT2D eigenvalue weighted by molar-refractivity contribution is 0.0978. The molecule has 0 aromatic carbocycles. The molecular weight excluding hydrogens is 328 g/mol. The molecule has 0 atom stereocenters. The van der Waals surface area contributed by atoms with E-state index in [4.69, 9.17) is 0 Å². The van der Waals surface area contributed by atoms with Crippen LogP contribution >= 0.6 is 11.3 Å². The third-order valence-electron chi connectivity index (χ3n) is 4.35. The Morgan fingerprint density at radius 3 is 2.96 bits per heavy atom. The molecule has 3 N–H and O–H groups in total. The lowest BCUT2D eigenvalue weighted by Gasteiger charge is -2.28. The van der Waals surface area contributed by atoms with Crippen LogP contribution in [-0.2, 0) is 12.1 Å². The maximum absolute atomic E-state index is 11.5. The Kier molecular flexibility index (Phi) is 3.04. The number of hydrogen-bond acceptors (Lipinski definition) is 6. The fourth-order valence-electron chi connectivity index (χ4n) is 3.10. The predicted molar refractivity (Wildman–Crippen MR) is 90.6 cm³/mol. The monoisotopic (exact) mass is 344 g/mol. The quantitative estimate of drug-likeness (QED) is 0.659. The summed E-state index contributed by atoms with van der Waals surface area (Å²) in [5.74, 6) is 1.96. The summed E-state index contributed by atoms with van der Waals surface area (Å²) in [5, 5.41) is 22.0. The first-order chi connectivity index (χ1) is 11.4. The average Bonchev–Trinajstić information content (AvgIpc) is 3.16. The number of carboxylic acid groups (broad SMARTS) is 1. The highest BCUT2D eigenvalue weighted by atomic mass is 32.1. The maximum Gasteiger partial charge on any atom is 0.408 e. The molecule has 1 amide bonds. The van der Waals surface area contributed by atoms with E-state index in [1.54, 1.807) is 11.3 Å². The molecule has 24 heavy (non-hydrogen) atoms. The molecule has 0 bridgehead atoms. The number of aromatic amines is 1. The zero-order chi connectivity index (χ0) is 17.1. The highest BCUT2D eigenvalue weighted by Crippen LogP contribution is 2.41. The molecule has 0 fully saturated rings. The summed E-state index contributed by atoms with van der Waals surface area (Å²) >= 11 is 1.55. The van der Waals surface area contributed by atoms with Crippen LogP contribution in [0, 0.1) is 6.92 Å². The molecule has 0 spiro atoms. The minimum atomic E-state index is -0.950. The Hall–Kier alpha value is -2.68. The van der Waals surface area contributed by atoms with E-state index in [1.807, 2.05) is 32.2 Å². The molecule has 0 aliphatic carbocycles. The fraction of sp³-hybridized carbons (Fsp3) is 0.333. The Bertz CT molecular complexity index is 960. The Morgan fingerprint density at radius 2 is 2.21 bits per heavy atom. The van der Waals surface area contributed by atoms with E-state index in [2.05, 4.69) is 25.5 Å². The van der Waals surface area contributed by atoms with E-state index in [1.165, 1.54) is 4.90 Å². The van der Waals surface area contributed by atoms with Gasteiger partial charge >= 0.3 is 6.09 Å². The molecule has 124 valence electrons. The standard InChI is InChI=1S/C15H16N6O2S/c1-7-16-9-4-5-24-10(9)13(17-7)18-12-8-6-21(14(22)23)15(2,3)11(8)19-20-12/h4-5H,6H2,1-3H3,(H,22,23)(H2,16,17,18,19,20). The molecule has 1 aliphatic heterocycles. The summed E-state index contributed by atoms with van der Waals surface area (Å²) in [5.41, 5.74) is 1.90. The van der Waals surface area contributed by atoms with Crippen LogP contribution in [0.25, 0.3) is 10.2 Å². The number of thiophene rings is 1. The van der Waals surface area contributed by atoms with Gasteiger partial charge in [0.1, 0.15) is 5.82 Å². The summed E-state index contributed by atoms with van der Waals surface area (Å²) in [6, 6.07) is 1.95. The number of nitrogens with one attached hydrogen (secondary N) is 2. The van der Waals surface area contributed by atoms with Crippen LogP contribution in [0.1, 0.15) is 30.9 Å². The molecule has 0 unspecified atom stereocenters. The molecule has 3 aromatic heterocycles. The van der Waals surface area contributed by atoms with Crippen LogP contribution in [0.15, 0.2) is 11.4 Å². The number of nitrogens with zero attached hydrogens (tertiary/aromatic N) is 4. The van der Waals surface area contributed by atoms with Crippen LogP contribution < -0.4 is 5.32 Å². The van der Waals surface area contributed by atoms with Crippen molar-refractivity contribution in [1.29, 1.82) is 0 Å². The van der Waals surface area contributed by atoms with Gasteiger partial charge in [-0.2, -0.15) is 5.10 Å². The molecule has 4 heterocycles. The van der Waals surface area contributed by atoms with Crippen LogP contribution in [0.5, 0.6) is 0 Å². The molecule has 4 rings (SSSR count). The van der Waals surface area contributed by atoms with Crippen molar-refractivity contribution in [2.45, 2.75) is 32.9 Å². The summed E-state index contributed by atoms with van der Waals surface area (Å²) in [6.45, 7) is 5.85. The number of fused-ring (bicyclic) bond motifs is 2. The van der Waals surface area contributed by atoms with Crippen molar-refractivity contribution < 1.29 is 9.90 Å². The normalized spacial score (nSPS) is 15.7. The second-order valence-electron chi connectivity index (χ2n) is 6.23. The number of rotatable bonds is 2. The predicted octanol–water partition coefficient (Wildman–Crippen LogP) is 3.20. The van der Waals surface area contributed by atoms with Crippen molar-refractivity contribution in [2.75, 3.05) is 5.32 Å². The summed E-state index contributed by atoms with van der Waals surface area (Å²) in [6.07, 6.45) is -0.950. The number of amides is 1. The summed E-state index contributed by atoms with van der Waals surface area (Å²) in [4.78, 5) is 21.8. The highest BCUT2D eigenvalue weighted by molar-refractivity contribution is 7.17. The van der Waals surface area contributed by atoms with Crippen molar-refractivity contribution in [1.82, 2.24) is 25.1 Å². The first kappa shape index (κ1) is 14.9. The molecule has 0 saturated carbocycles. The topological polar surface area (TPSA) is 107 Å². The second kappa shape index (κ2) is 4.91. The average molecular weight is 344 g/mol. The van der Waals surface area contributed by atoms with E-state index >= 15 is 0 Å². The van der Waals surface area contributed by atoms with Crippen molar-refractivity contribution in [2.24, 2.45) is 0 Å². The third-order valence-corrected chi connectivity index (χ3v) is 5.26. The first-order valence-corrected chi connectivity index (χ1v) is 8.33. The number of aryl methyl sites for hydroxylation is 1. The van der Waals surface area contributed by atoms with Gasteiger partial charge in [-0.05, 0) is 32.2 Å². The van der Waals surface area contributed by atoms with E-state index in [0.29, 0.717) is 17.5 Å². The van der Waals surface area contributed by atoms with Gasteiger partial charge in [0.05, 0.1) is 28.0 Å². The Morgan fingerprint density at radius 1 is 1.42 bits per heavy atom. The van der Waals surface area contributed by atoms with Gasteiger partial charge in [0.25, 0.3) is 0 Å². The zero-order valence-electron chi connectivity index (χ0n) is 13.4. The second-order valence-corrected chi connectivity index (χ2v) is 7.15. The summed E-state index contributed by atoms with van der Waals surface area (Å²) < 4.78 is 0.949. The number of anilines is 2. The molecule has 9 heteroatoms. The molecule has 0 radical (unpaired) electrons. The molecule has 3 aromatic rings. The van der Waals surface area contributed by atoms with Crippen LogP contribution in [0.3, 0.4) is 0 Å². The maximum atomic E-state index is 11.5. The van der Waals surface area contributed by atoms with Gasteiger partial charge in [-0.15, -0.1) is 11.3 Å². The SMILES string of the molecule is Cc1nc(Nc2n[nH]c3c2CN(C(=O)O)C3(C)C)c2sccc2n1. The van der Waals surface area contributed by atoms with Crippen molar-refractivity contribution in [3.63, 3.8) is 0 Å². The van der Waals surface area contributed by atoms with E-state index in [-0.39, 0.29) is 6.54 Å². The van der Waals surface area contributed by atoms with Crippen molar-refractivity contribution >= 4 is 39.3 Å². The minimum Gasteiger partial charge on any atom is -0.465 e. The third kappa shape index (κ3) is 2.04. The smallest absolute Gasteiger partial charge is 0.408 e. The zero-order valence-corrected chi connectivity index (χ0v) is 14.2. The molecule has 8 nitrogen and oxygen atoms in total. The van der Waals surface area contributed by atoms with Gasteiger partial charge in [-0.3, -0.25) is 10.00 Å². The fourth-order valence-corrected chi connectivity index (χ4v) is 3.88. The van der Waals surface area contributed by atoms with E-state index < -0.39 is 11.6 Å².